The van der Waals surface area contributed by atoms with Gasteiger partial charge in [-0.05, 0) is 45.0 Å². The molecular weight excluding hydrogens is 248 g/mol. The Kier molecular flexibility index (Phi) is 6.51. The molecule has 0 aliphatic heterocycles. The fourth-order valence-corrected chi connectivity index (χ4v) is 2.96. The van der Waals surface area contributed by atoms with E-state index in [1.807, 2.05) is 0 Å². The maximum atomic E-state index is 9.90. The zero-order valence-electron chi connectivity index (χ0n) is 12.6. The molecule has 0 radical (unpaired) electrons. The van der Waals surface area contributed by atoms with Crippen LogP contribution in [0.1, 0.15) is 37.7 Å². The first-order valence-electron chi connectivity index (χ1n) is 7.89. The molecule has 0 bridgehead atoms. The monoisotopic (exact) mass is 276 g/mol. The number of benzene rings is 1. The summed E-state index contributed by atoms with van der Waals surface area (Å²) in [6, 6.07) is 10.9. The molecule has 0 aromatic heterocycles. The molecule has 2 unspecified atom stereocenters. The Hall–Kier alpha value is -0.900. The van der Waals surface area contributed by atoms with E-state index >= 15 is 0 Å². The lowest BCUT2D eigenvalue weighted by Gasteiger charge is -2.28. The van der Waals surface area contributed by atoms with Gasteiger partial charge in [0.1, 0.15) is 0 Å². The third-order valence-corrected chi connectivity index (χ3v) is 4.15. The molecule has 1 fully saturated rings. The van der Waals surface area contributed by atoms with E-state index in [0.29, 0.717) is 6.04 Å². The van der Waals surface area contributed by atoms with Crippen molar-refractivity contribution in [1.29, 1.82) is 0 Å². The zero-order chi connectivity index (χ0) is 14.2. The van der Waals surface area contributed by atoms with Crippen molar-refractivity contribution in [1.82, 2.24) is 10.2 Å². The van der Waals surface area contributed by atoms with Gasteiger partial charge in [0, 0.05) is 12.6 Å². The molecule has 1 aromatic carbocycles. The second-order valence-electron chi connectivity index (χ2n) is 5.99. The quantitative estimate of drug-likeness (QED) is 0.751. The van der Waals surface area contributed by atoms with Gasteiger partial charge >= 0.3 is 0 Å². The normalized spacial score (nSPS) is 23.1. The topological polar surface area (TPSA) is 35.5 Å². The highest BCUT2D eigenvalue weighted by atomic mass is 16.3. The van der Waals surface area contributed by atoms with Crippen molar-refractivity contribution in [2.24, 2.45) is 0 Å². The van der Waals surface area contributed by atoms with Gasteiger partial charge in [0.2, 0.25) is 0 Å². The Bertz CT molecular complexity index is 369. The van der Waals surface area contributed by atoms with Gasteiger partial charge in [0.15, 0.2) is 0 Å². The van der Waals surface area contributed by atoms with E-state index in [1.165, 1.54) is 18.4 Å². The van der Waals surface area contributed by atoms with E-state index in [-0.39, 0.29) is 6.10 Å². The van der Waals surface area contributed by atoms with Crippen LogP contribution in [0.4, 0.5) is 0 Å². The second kappa shape index (κ2) is 8.40. The summed E-state index contributed by atoms with van der Waals surface area (Å²) >= 11 is 0. The van der Waals surface area contributed by atoms with Crippen LogP contribution in [-0.2, 0) is 6.54 Å². The summed E-state index contributed by atoms with van der Waals surface area (Å²) in [5.41, 5.74) is 1.37. The Morgan fingerprint density at radius 3 is 2.70 bits per heavy atom. The van der Waals surface area contributed by atoms with E-state index < -0.39 is 0 Å². The fraction of sp³-hybridized carbons (Fsp3) is 0.647. The highest BCUT2D eigenvalue weighted by molar-refractivity contribution is 5.14. The van der Waals surface area contributed by atoms with Crippen molar-refractivity contribution in [3.8, 4) is 0 Å². The van der Waals surface area contributed by atoms with Crippen LogP contribution in [0.25, 0.3) is 0 Å². The number of hydrogen-bond donors (Lipinski definition) is 2. The van der Waals surface area contributed by atoms with Crippen LogP contribution in [0.3, 0.4) is 0 Å². The lowest BCUT2D eigenvalue weighted by molar-refractivity contribution is 0.0906. The van der Waals surface area contributed by atoms with Crippen LogP contribution in [0, 0.1) is 0 Å². The number of nitrogens with one attached hydrogen (secondary N) is 1. The first-order valence-corrected chi connectivity index (χ1v) is 7.89. The molecule has 2 N–H and O–H groups in total. The molecular formula is C17H28N2O. The van der Waals surface area contributed by atoms with Gasteiger partial charge in [-0.15, -0.1) is 0 Å². The fourth-order valence-electron chi connectivity index (χ4n) is 2.96. The van der Waals surface area contributed by atoms with Crippen molar-refractivity contribution < 1.29 is 5.11 Å². The summed E-state index contributed by atoms with van der Waals surface area (Å²) in [6.07, 6.45) is 5.52. The van der Waals surface area contributed by atoms with Gasteiger partial charge in [0.25, 0.3) is 0 Å². The summed E-state index contributed by atoms with van der Waals surface area (Å²) < 4.78 is 0. The highest BCUT2D eigenvalue weighted by Gasteiger charge is 2.21. The molecule has 0 spiro atoms. The smallest absolute Gasteiger partial charge is 0.0693 e. The van der Waals surface area contributed by atoms with E-state index in [0.717, 1.165) is 38.9 Å². The Labute approximate surface area is 123 Å². The molecule has 112 valence electrons. The molecule has 1 aromatic rings. The van der Waals surface area contributed by atoms with Gasteiger partial charge in [-0.2, -0.15) is 0 Å². The van der Waals surface area contributed by atoms with Crippen molar-refractivity contribution in [2.45, 2.75) is 50.8 Å². The summed E-state index contributed by atoms with van der Waals surface area (Å²) in [5.74, 6) is 0. The summed E-state index contributed by atoms with van der Waals surface area (Å²) in [5, 5.41) is 13.4. The lowest BCUT2D eigenvalue weighted by atomic mass is 9.92. The summed E-state index contributed by atoms with van der Waals surface area (Å²) in [7, 11) is 2.17. The van der Waals surface area contributed by atoms with Crippen LogP contribution in [0.2, 0.25) is 0 Å². The lowest BCUT2D eigenvalue weighted by Crippen LogP contribution is -2.42. The van der Waals surface area contributed by atoms with Crippen molar-refractivity contribution in [2.75, 3.05) is 20.1 Å². The van der Waals surface area contributed by atoms with Gasteiger partial charge < -0.3 is 15.3 Å². The minimum atomic E-state index is -0.134. The number of nitrogens with zero attached hydrogens (tertiary/aromatic N) is 1. The molecule has 0 saturated heterocycles. The van der Waals surface area contributed by atoms with E-state index in [4.69, 9.17) is 0 Å². The van der Waals surface area contributed by atoms with E-state index in [2.05, 4.69) is 47.6 Å². The van der Waals surface area contributed by atoms with Crippen molar-refractivity contribution >= 4 is 0 Å². The Morgan fingerprint density at radius 1 is 1.20 bits per heavy atom. The molecule has 1 aliphatic rings. The number of aliphatic hydroxyl groups excluding tert-OH is 1. The zero-order valence-corrected chi connectivity index (χ0v) is 12.6. The molecule has 1 aliphatic carbocycles. The first kappa shape index (κ1) is 15.5. The second-order valence-corrected chi connectivity index (χ2v) is 5.99. The standard InChI is InChI=1S/C17H28N2O/c1-19(14-15-8-3-2-4-9-15)13-7-12-18-16-10-5-6-11-17(16)20/h2-4,8-9,16-18,20H,5-7,10-14H2,1H3. The molecule has 20 heavy (non-hydrogen) atoms. The molecule has 0 amide bonds. The molecule has 2 rings (SSSR count). The van der Waals surface area contributed by atoms with E-state index in [1.54, 1.807) is 0 Å². The average Bonchev–Trinajstić information content (AvgIpc) is 2.46. The van der Waals surface area contributed by atoms with Gasteiger partial charge in [-0.1, -0.05) is 43.2 Å². The van der Waals surface area contributed by atoms with Gasteiger partial charge in [0.05, 0.1) is 6.10 Å². The molecule has 2 atom stereocenters. The van der Waals surface area contributed by atoms with Crippen LogP contribution >= 0.6 is 0 Å². The molecule has 3 heteroatoms. The third kappa shape index (κ3) is 5.23. The van der Waals surface area contributed by atoms with Crippen LogP contribution in [0.15, 0.2) is 30.3 Å². The maximum absolute atomic E-state index is 9.90. The van der Waals surface area contributed by atoms with Gasteiger partial charge in [-0.3, -0.25) is 0 Å². The van der Waals surface area contributed by atoms with E-state index in [9.17, 15) is 5.11 Å². The minimum Gasteiger partial charge on any atom is -0.392 e. The SMILES string of the molecule is CN(CCCNC1CCCCC1O)Cc1ccccc1. The van der Waals surface area contributed by atoms with Crippen molar-refractivity contribution in [3.63, 3.8) is 0 Å². The first-order chi connectivity index (χ1) is 9.75. The summed E-state index contributed by atoms with van der Waals surface area (Å²) in [6.45, 7) is 3.10. The predicted molar refractivity (Wildman–Crippen MR) is 83.7 cm³/mol. The molecule has 3 nitrogen and oxygen atoms in total. The Morgan fingerprint density at radius 2 is 1.95 bits per heavy atom. The third-order valence-electron chi connectivity index (χ3n) is 4.15. The number of rotatable bonds is 7. The van der Waals surface area contributed by atoms with Crippen LogP contribution in [0.5, 0.6) is 0 Å². The van der Waals surface area contributed by atoms with Crippen LogP contribution < -0.4 is 5.32 Å². The maximum Gasteiger partial charge on any atom is 0.0693 e. The molecule has 1 saturated carbocycles. The Balaban J connectivity index is 1.58. The molecule has 0 heterocycles. The average molecular weight is 276 g/mol. The van der Waals surface area contributed by atoms with Crippen LogP contribution in [-0.4, -0.2) is 42.3 Å². The highest BCUT2D eigenvalue weighted by Crippen LogP contribution is 2.18. The largest absolute Gasteiger partial charge is 0.392 e. The minimum absolute atomic E-state index is 0.134. The van der Waals surface area contributed by atoms with Gasteiger partial charge in [-0.25, -0.2) is 0 Å². The van der Waals surface area contributed by atoms with Crippen molar-refractivity contribution in [3.05, 3.63) is 35.9 Å². The number of hydrogen-bond acceptors (Lipinski definition) is 3. The summed E-state index contributed by atoms with van der Waals surface area (Å²) in [4.78, 5) is 2.36. The number of aliphatic hydroxyl groups is 1. The predicted octanol–water partition coefficient (Wildman–Crippen LogP) is 2.40.